The molecule has 5 heteroatoms. The average Bonchev–Trinajstić information content (AvgIpc) is 2.85. The molecule has 0 aliphatic rings. The van der Waals surface area contributed by atoms with Gasteiger partial charge in [-0.15, -0.1) is 0 Å². The highest BCUT2D eigenvalue weighted by molar-refractivity contribution is 6.00. The van der Waals surface area contributed by atoms with E-state index >= 15 is 0 Å². The number of esters is 1. The largest absolute Gasteiger partial charge is 0.467 e. The molecular formula is C14H16O5. The number of hydrogen-bond donors (Lipinski definition) is 0. The molecule has 2 rings (SSSR count). The molecule has 0 amide bonds. The fraction of sp³-hybridized carbons (Fsp3) is 0.357. The number of ether oxygens (including phenoxy) is 3. The SMILES string of the molecule is CCOC(=O)c1c(OCOC)cc2occc2c1C. The molecule has 0 saturated carbocycles. The summed E-state index contributed by atoms with van der Waals surface area (Å²) in [6.45, 7) is 3.96. The van der Waals surface area contributed by atoms with E-state index in [4.69, 9.17) is 18.6 Å². The van der Waals surface area contributed by atoms with Gasteiger partial charge in [0.2, 0.25) is 0 Å². The van der Waals surface area contributed by atoms with Crippen LogP contribution in [0.2, 0.25) is 0 Å². The number of benzene rings is 1. The minimum Gasteiger partial charge on any atom is -0.467 e. The maximum atomic E-state index is 12.0. The van der Waals surface area contributed by atoms with Crippen molar-refractivity contribution in [1.82, 2.24) is 0 Å². The van der Waals surface area contributed by atoms with E-state index in [1.807, 2.05) is 13.0 Å². The van der Waals surface area contributed by atoms with Crippen molar-refractivity contribution in [2.75, 3.05) is 20.5 Å². The summed E-state index contributed by atoms with van der Waals surface area (Å²) in [5, 5.41) is 0.868. The van der Waals surface area contributed by atoms with Crippen LogP contribution in [0.25, 0.3) is 11.0 Å². The zero-order valence-electron chi connectivity index (χ0n) is 11.2. The number of hydrogen-bond acceptors (Lipinski definition) is 5. The maximum Gasteiger partial charge on any atom is 0.342 e. The van der Waals surface area contributed by atoms with Crippen LogP contribution in [0.1, 0.15) is 22.8 Å². The number of rotatable bonds is 5. The van der Waals surface area contributed by atoms with Crippen LogP contribution in [-0.2, 0) is 9.47 Å². The summed E-state index contributed by atoms with van der Waals surface area (Å²) in [6.07, 6.45) is 1.58. The molecule has 102 valence electrons. The van der Waals surface area contributed by atoms with E-state index in [9.17, 15) is 4.79 Å². The third-order valence-corrected chi connectivity index (χ3v) is 2.79. The predicted octanol–water partition coefficient (Wildman–Crippen LogP) is 2.90. The predicted molar refractivity (Wildman–Crippen MR) is 69.4 cm³/mol. The summed E-state index contributed by atoms with van der Waals surface area (Å²) in [4.78, 5) is 12.0. The summed E-state index contributed by atoms with van der Waals surface area (Å²) >= 11 is 0. The molecule has 0 bridgehead atoms. The molecule has 1 aromatic carbocycles. The van der Waals surface area contributed by atoms with Gasteiger partial charge in [-0.3, -0.25) is 0 Å². The van der Waals surface area contributed by atoms with E-state index in [0.29, 0.717) is 23.5 Å². The molecule has 0 spiro atoms. The Morgan fingerprint density at radius 2 is 2.21 bits per heavy atom. The Hall–Kier alpha value is -2.01. The second-order valence-corrected chi connectivity index (χ2v) is 3.98. The fourth-order valence-corrected chi connectivity index (χ4v) is 1.95. The molecule has 0 N–H and O–H groups in total. The molecule has 1 heterocycles. The number of carbonyl (C=O) groups excluding carboxylic acids is 1. The van der Waals surface area contributed by atoms with E-state index in [1.54, 1.807) is 19.3 Å². The Bertz CT molecular complexity index is 585. The molecular weight excluding hydrogens is 248 g/mol. The fourth-order valence-electron chi connectivity index (χ4n) is 1.95. The van der Waals surface area contributed by atoms with Crippen molar-refractivity contribution in [1.29, 1.82) is 0 Å². The lowest BCUT2D eigenvalue weighted by Crippen LogP contribution is -2.11. The van der Waals surface area contributed by atoms with E-state index in [1.165, 1.54) is 7.11 Å². The Kier molecular flexibility index (Phi) is 4.06. The first-order valence-electron chi connectivity index (χ1n) is 5.98. The molecule has 19 heavy (non-hydrogen) atoms. The zero-order valence-corrected chi connectivity index (χ0v) is 11.2. The lowest BCUT2D eigenvalue weighted by atomic mass is 10.0. The summed E-state index contributed by atoms with van der Waals surface area (Å²) in [6, 6.07) is 3.49. The van der Waals surface area contributed by atoms with Crippen molar-refractivity contribution in [3.63, 3.8) is 0 Å². The van der Waals surface area contributed by atoms with Crippen molar-refractivity contribution >= 4 is 16.9 Å². The van der Waals surface area contributed by atoms with Gasteiger partial charge in [-0.1, -0.05) is 0 Å². The minimum atomic E-state index is -0.408. The van der Waals surface area contributed by atoms with Crippen LogP contribution in [0, 0.1) is 6.92 Å². The average molecular weight is 264 g/mol. The van der Waals surface area contributed by atoms with Gasteiger partial charge in [0.05, 0.1) is 12.9 Å². The maximum absolute atomic E-state index is 12.0. The smallest absolute Gasteiger partial charge is 0.342 e. The number of carbonyl (C=O) groups is 1. The molecule has 0 aliphatic heterocycles. The lowest BCUT2D eigenvalue weighted by Gasteiger charge is -2.13. The van der Waals surface area contributed by atoms with Gasteiger partial charge in [0.25, 0.3) is 0 Å². The first-order valence-corrected chi connectivity index (χ1v) is 5.98. The molecule has 5 nitrogen and oxygen atoms in total. The molecule has 1 aromatic heterocycles. The number of furan rings is 1. The highest BCUT2D eigenvalue weighted by Crippen LogP contribution is 2.32. The molecule has 0 unspecified atom stereocenters. The van der Waals surface area contributed by atoms with Gasteiger partial charge in [0.15, 0.2) is 6.79 Å². The van der Waals surface area contributed by atoms with Gasteiger partial charge in [-0.2, -0.15) is 0 Å². The van der Waals surface area contributed by atoms with Crippen molar-refractivity contribution in [3.05, 3.63) is 29.5 Å². The Morgan fingerprint density at radius 3 is 2.89 bits per heavy atom. The first kappa shape index (κ1) is 13.4. The second-order valence-electron chi connectivity index (χ2n) is 3.98. The molecule has 0 atom stereocenters. The quantitative estimate of drug-likeness (QED) is 0.614. The van der Waals surface area contributed by atoms with Crippen molar-refractivity contribution in [2.24, 2.45) is 0 Å². The summed E-state index contributed by atoms with van der Waals surface area (Å²) in [7, 11) is 1.52. The standard InChI is InChI=1S/C14H16O5/c1-4-17-14(15)13-9(2)10-5-6-18-11(10)7-12(13)19-8-16-3/h5-7H,4,8H2,1-3H3. The van der Waals surface area contributed by atoms with Gasteiger partial charge in [-0.25, -0.2) is 4.79 Å². The monoisotopic (exact) mass is 264 g/mol. The third-order valence-electron chi connectivity index (χ3n) is 2.79. The Morgan fingerprint density at radius 1 is 1.42 bits per heavy atom. The summed E-state index contributed by atoms with van der Waals surface area (Å²) < 4.78 is 20.7. The van der Waals surface area contributed by atoms with E-state index in [0.717, 1.165) is 10.9 Å². The van der Waals surface area contributed by atoms with Gasteiger partial charge in [0, 0.05) is 18.6 Å². The van der Waals surface area contributed by atoms with Crippen LogP contribution in [0.5, 0.6) is 5.75 Å². The Balaban J connectivity index is 2.54. The van der Waals surface area contributed by atoms with Crippen molar-refractivity contribution in [2.45, 2.75) is 13.8 Å². The van der Waals surface area contributed by atoms with Gasteiger partial charge in [-0.05, 0) is 25.5 Å². The van der Waals surface area contributed by atoms with Gasteiger partial charge < -0.3 is 18.6 Å². The normalized spacial score (nSPS) is 10.7. The topological polar surface area (TPSA) is 57.9 Å². The minimum absolute atomic E-state index is 0.0536. The van der Waals surface area contributed by atoms with Crippen LogP contribution < -0.4 is 4.74 Å². The van der Waals surface area contributed by atoms with Crippen molar-refractivity contribution < 1.29 is 23.4 Å². The van der Waals surface area contributed by atoms with E-state index < -0.39 is 5.97 Å². The van der Waals surface area contributed by atoms with Gasteiger partial charge >= 0.3 is 5.97 Å². The van der Waals surface area contributed by atoms with E-state index in [-0.39, 0.29) is 6.79 Å². The molecule has 0 fully saturated rings. The third kappa shape index (κ3) is 2.56. The number of methoxy groups -OCH3 is 1. The van der Waals surface area contributed by atoms with E-state index in [2.05, 4.69) is 0 Å². The lowest BCUT2D eigenvalue weighted by molar-refractivity contribution is 0.0438. The van der Waals surface area contributed by atoms with Crippen LogP contribution in [0.3, 0.4) is 0 Å². The van der Waals surface area contributed by atoms with Crippen LogP contribution >= 0.6 is 0 Å². The first-order chi connectivity index (χ1) is 9.19. The van der Waals surface area contributed by atoms with Crippen LogP contribution in [0.15, 0.2) is 22.8 Å². The van der Waals surface area contributed by atoms with Gasteiger partial charge in [0.1, 0.15) is 16.9 Å². The van der Waals surface area contributed by atoms with Crippen LogP contribution in [0.4, 0.5) is 0 Å². The number of aryl methyl sites for hydroxylation is 1. The van der Waals surface area contributed by atoms with Crippen LogP contribution in [-0.4, -0.2) is 26.5 Å². The second kappa shape index (κ2) is 5.75. The van der Waals surface area contributed by atoms with Crippen molar-refractivity contribution in [3.8, 4) is 5.75 Å². The molecule has 0 saturated heterocycles. The Labute approximate surface area is 111 Å². The molecule has 0 radical (unpaired) electrons. The zero-order chi connectivity index (χ0) is 13.8. The molecule has 2 aromatic rings. The summed E-state index contributed by atoms with van der Waals surface area (Å²) in [5.74, 6) is -0.00514. The highest BCUT2D eigenvalue weighted by Gasteiger charge is 2.20. The summed E-state index contributed by atoms with van der Waals surface area (Å²) in [5.41, 5.74) is 1.85. The number of fused-ring (bicyclic) bond motifs is 1. The highest BCUT2D eigenvalue weighted by atomic mass is 16.7. The molecule has 0 aliphatic carbocycles.